The number of aliphatic carboxylic acids is 1. The second-order valence-electron chi connectivity index (χ2n) is 8.85. The normalized spacial score (nSPS) is 22.8. The first-order chi connectivity index (χ1) is 15.5. The number of para-hydroxylation sites is 1. The van der Waals surface area contributed by atoms with Crippen molar-refractivity contribution in [1.29, 1.82) is 0 Å². The number of nitrogens with zero attached hydrogens (tertiary/aromatic N) is 3. The van der Waals surface area contributed by atoms with Crippen LogP contribution in [0.4, 0.5) is 10.1 Å². The summed E-state index contributed by atoms with van der Waals surface area (Å²) in [5, 5.41) is 10.1. The second-order valence-corrected chi connectivity index (χ2v) is 9.26. The highest BCUT2D eigenvalue weighted by Crippen LogP contribution is 2.30. The number of anilines is 1. The van der Waals surface area contributed by atoms with Crippen molar-refractivity contribution in [2.45, 2.75) is 31.8 Å². The molecule has 2 heterocycles. The molecular formula is C25H31ClFN3O2. The summed E-state index contributed by atoms with van der Waals surface area (Å²) in [6.07, 6.45) is 1.87. The van der Waals surface area contributed by atoms with E-state index in [-0.39, 0.29) is 12.2 Å². The van der Waals surface area contributed by atoms with Crippen molar-refractivity contribution in [2.24, 2.45) is 5.92 Å². The number of piperidine rings is 1. The zero-order valence-electron chi connectivity index (χ0n) is 18.3. The summed E-state index contributed by atoms with van der Waals surface area (Å²) >= 11 is 6.36. The predicted molar refractivity (Wildman–Crippen MR) is 126 cm³/mol. The average Bonchev–Trinajstić information content (AvgIpc) is 2.80. The van der Waals surface area contributed by atoms with E-state index in [1.807, 2.05) is 30.3 Å². The molecular weight excluding hydrogens is 429 g/mol. The lowest BCUT2D eigenvalue weighted by Gasteiger charge is -2.47. The number of carboxylic acid groups (broad SMARTS) is 1. The zero-order chi connectivity index (χ0) is 22.5. The van der Waals surface area contributed by atoms with Crippen LogP contribution in [0.25, 0.3) is 0 Å². The first kappa shape index (κ1) is 23.0. The quantitative estimate of drug-likeness (QED) is 0.666. The van der Waals surface area contributed by atoms with E-state index < -0.39 is 5.97 Å². The van der Waals surface area contributed by atoms with E-state index in [2.05, 4.69) is 20.8 Å². The summed E-state index contributed by atoms with van der Waals surface area (Å²) in [5.41, 5.74) is 1.78. The van der Waals surface area contributed by atoms with Gasteiger partial charge < -0.3 is 10.0 Å². The van der Waals surface area contributed by atoms with E-state index in [1.165, 1.54) is 6.07 Å². The Morgan fingerprint density at radius 1 is 1.03 bits per heavy atom. The van der Waals surface area contributed by atoms with Gasteiger partial charge >= 0.3 is 5.97 Å². The van der Waals surface area contributed by atoms with Crippen LogP contribution in [-0.4, -0.2) is 66.2 Å². The standard InChI is InChI=1S/C25H31ClFN3O2/c26-21-6-2-1-5-19(21)17-28-12-11-23(20(18-28)9-10-25(31)32)29-13-15-30(16-14-29)24-8-4-3-7-22(24)27/h1-8,20,23H,9-18H2,(H,31,32)/t20-,23+/m0/s1. The molecule has 0 saturated carbocycles. The molecule has 32 heavy (non-hydrogen) atoms. The lowest BCUT2D eigenvalue weighted by Crippen LogP contribution is -2.56. The number of likely N-dealkylation sites (tertiary alicyclic amines) is 1. The molecule has 2 aromatic rings. The minimum absolute atomic E-state index is 0.173. The van der Waals surface area contributed by atoms with E-state index in [9.17, 15) is 14.3 Å². The number of carboxylic acids is 1. The summed E-state index contributed by atoms with van der Waals surface area (Å²) in [4.78, 5) is 18.3. The van der Waals surface area contributed by atoms with Crippen molar-refractivity contribution in [1.82, 2.24) is 9.80 Å². The van der Waals surface area contributed by atoms with Crippen LogP contribution in [0.3, 0.4) is 0 Å². The zero-order valence-corrected chi connectivity index (χ0v) is 19.1. The molecule has 2 aliphatic heterocycles. The Bertz CT molecular complexity index is 920. The van der Waals surface area contributed by atoms with Gasteiger partial charge in [-0.3, -0.25) is 14.6 Å². The Kier molecular flexibility index (Phi) is 7.66. The highest BCUT2D eigenvalue weighted by atomic mass is 35.5. The van der Waals surface area contributed by atoms with Crippen LogP contribution < -0.4 is 4.90 Å². The second kappa shape index (κ2) is 10.6. The molecule has 4 rings (SSSR count). The van der Waals surface area contributed by atoms with Crippen molar-refractivity contribution >= 4 is 23.3 Å². The Morgan fingerprint density at radius 3 is 2.47 bits per heavy atom. The molecule has 5 nitrogen and oxygen atoms in total. The molecule has 2 fully saturated rings. The fourth-order valence-corrected chi connectivity index (χ4v) is 5.38. The third-order valence-electron chi connectivity index (χ3n) is 6.84. The maximum absolute atomic E-state index is 14.2. The number of piperazine rings is 1. The number of rotatable bonds is 7. The molecule has 172 valence electrons. The Hall–Kier alpha value is -2.15. The van der Waals surface area contributed by atoms with Gasteiger partial charge in [-0.1, -0.05) is 41.9 Å². The fraction of sp³-hybridized carbons (Fsp3) is 0.480. The van der Waals surface area contributed by atoms with E-state index in [1.54, 1.807) is 6.07 Å². The largest absolute Gasteiger partial charge is 0.481 e. The highest BCUT2D eigenvalue weighted by molar-refractivity contribution is 6.31. The minimum Gasteiger partial charge on any atom is -0.481 e. The van der Waals surface area contributed by atoms with Gasteiger partial charge in [0.05, 0.1) is 5.69 Å². The molecule has 0 aromatic heterocycles. The number of carbonyl (C=O) groups is 1. The summed E-state index contributed by atoms with van der Waals surface area (Å²) in [6, 6.07) is 15.2. The maximum Gasteiger partial charge on any atom is 0.303 e. The first-order valence-corrected chi connectivity index (χ1v) is 11.8. The summed E-state index contributed by atoms with van der Waals surface area (Å²) in [5.74, 6) is -0.619. The van der Waals surface area contributed by atoms with Gasteiger partial charge in [-0.25, -0.2) is 4.39 Å². The average molecular weight is 460 g/mol. The molecule has 0 bridgehead atoms. The van der Waals surface area contributed by atoms with E-state index in [0.29, 0.717) is 24.1 Å². The van der Waals surface area contributed by atoms with Gasteiger partial charge in [0, 0.05) is 56.8 Å². The molecule has 2 saturated heterocycles. The fourth-order valence-electron chi connectivity index (χ4n) is 5.18. The Balaban J connectivity index is 1.39. The summed E-state index contributed by atoms with van der Waals surface area (Å²) < 4.78 is 14.2. The van der Waals surface area contributed by atoms with Crippen molar-refractivity contribution in [3.8, 4) is 0 Å². The third-order valence-corrected chi connectivity index (χ3v) is 7.20. The number of hydrogen-bond donors (Lipinski definition) is 1. The molecule has 2 aliphatic rings. The number of hydrogen-bond acceptors (Lipinski definition) is 4. The third kappa shape index (κ3) is 5.61. The van der Waals surface area contributed by atoms with Gasteiger partial charge in [0.15, 0.2) is 0 Å². The molecule has 0 aliphatic carbocycles. The van der Waals surface area contributed by atoms with Gasteiger partial charge in [0.25, 0.3) is 0 Å². The summed E-state index contributed by atoms with van der Waals surface area (Å²) in [6.45, 7) is 5.93. The topological polar surface area (TPSA) is 47.0 Å². The molecule has 0 radical (unpaired) electrons. The van der Waals surface area contributed by atoms with E-state index in [0.717, 1.165) is 62.8 Å². The minimum atomic E-state index is -0.739. The molecule has 1 N–H and O–H groups in total. The van der Waals surface area contributed by atoms with Gasteiger partial charge in [-0.2, -0.15) is 0 Å². The molecule has 2 atom stereocenters. The monoisotopic (exact) mass is 459 g/mol. The number of benzene rings is 2. The summed E-state index contributed by atoms with van der Waals surface area (Å²) in [7, 11) is 0. The maximum atomic E-state index is 14.2. The van der Waals surface area contributed by atoms with E-state index in [4.69, 9.17) is 11.6 Å². The van der Waals surface area contributed by atoms with Crippen LogP contribution in [0.2, 0.25) is 5.02 Å². The Morgan fingerprint density at radius 2 is 1.75 bits per heavy atom. The van der Waals surface area contributed by atoms with Crippen molar-refractivity contribution in [3.05, 3.63) is 64.9 Å². The van der Waals surface area contributed by atoms with Crippen LogP contribution >= 0.6 is 11.6 Å². The van der Waals surface area contributed by atoms with Crippen molar-refractivity contribution in [2.75, 3.05) is 44.2 Å². The molecule has 7 heteroatoms. The highest BCUT2D eigenvalue weighted by Gasteiger charge is 2.35. The SMILES string of the molecule is O=C(O)CC[C@H]1CN(Cc2ccccc2Cl)CC[C@H]1N1CCN(c2ccccc2F)CC1. The number of halogens is 2. The first-order valence-electron chi connectivity index (χ1n) is 11.4. The Labute approximate surface area is 194 Å². The van der Waals surface area contributed by atoms with E-state index >= 15 is 0 Å². The molecule has 0 unspecified atom stereocenters. The van der Waals surface area contributed by atoms with Crippen LogP contribution in [-0.2, 0) is 11.3 Å². The molecule has 0 amide bonds. The van der Waals surface area contributed by atoms with Crippen molar-refractivity contribution in [3.63, 3.8) is 0 Å². The smallest absolute Gasteiger partial charge is 0.303 e. The van der Waals surface area contributed by atoms with Crippen LogP contribution in [0.15, 0.2) is 48.5 Å². The van der Waals surface area contributed by atoms with Gasteiger partial charge in [-0.05, 0) is 49.1 Å². The van der Waals surface area contributed by atoms with Crippen molar-refractivity contribution < 1.29 is 14.3 Å². The van der Waals surface area contributed by atoms with Crippen LogP contribution in [0, 0.1) is 11.7 Å². The van der Waals surface area contributed by atoms with Gasteiger partial charge in [0.1, 0.15) is 5.82 Å². The van der Waals surface area contributed by atoms with Gasteiger partial charge in [-0.15, -0.1) is 0 Å². The molecule has 2 aromatic carbocycles. The lowest BCUT2D eigenvalue weighted by atomic mass is 9.86. The van der Waals surface area contributed by atoms with Gasteiger partial charge in [0.2, 0.25) is 0 Å². The predicted octanol–water partition coefficient (Wildman–Crippen LogP) is 4.36. The van der Waals surface area contributed by atoms with Crippen LogP contribution in [0.1, 0.15) is 24.8 Å². The lowest BCUT2D eigenvalue weighted by molar-refractivity contribution is -0.137. The van der Waals surface area contributed by atoms with Crippen LogP contribution in [0.5, 0.6) is 0 Å². The molecule has 0 spiro atoms.